The fourth-order valence-corrected chi connectivity index (χ4v) is 1.43. The summed E-state index contributed by atoms with van der Waals surface area (Å²) in [4.78, 5) is 21.0. The van der Waals surface area contributed by atoms with Gasteiger partial charge in [0.15, 0.2) is 0 Å². The summed E-state index contributed by atoms with van der Waals surface area (Å²) in [5.74, 6) is -1.50. The fourth-order valence-electron chi connectivity index (χ4n) is 0.910. The van der Waals surface area contributed by atoms with Crippen molar-refractivity contribution >= 4 is 27.7 Å². The zero-order valence-corrected chi connectivity index (χ0v) is 7.01. The van der Waals surface area contributed by atoms with Crippen molar-refractivity contribution in [3.05, 3.63) is 0 Å². The number of carbonyl (C=O) groups excluding carboxylic acids is 1. The monoisotopic (exact) mass is 206 g/mol. The normalized spacial score (nSPS) is 37.2. The Hall–Kier alpha value is -0.380. The van der Waals surface area contributed by atoms with Gasteiger partial charge in [-0.15, -0.1) is 0 Å². The molecule has 56 valence electrons. The van der Waals surface area contributed by atoms with Crippen molar-refractivity contribution in [1.82, 2.24) is 0 Å². The van der Waals surface area contributed by atoms with Gasteiger partial charge >= 0.3 is 5.97 Å². The molecule has 1 saturated carbocycles. The summed E-state index contributed by atoms with van der Waals surface area (Å²) in [6.07, 6.45) is 0.428. The zero-order chi connectivity index (χ0) is 7.94. The van der Waals surface area contributed by atoms with Crippen LogP contribution in [0.15, 0.2) is 0 Å². The summed E-state index contributed by atoms with van der Waals surface area (Å²) in [6.45, 7) is 1.40. The second-order valence-electron chi connectivity index (χ2n) is 2.51. The van der Waals surface area contributed by atoms with Gasteiger partial charge in [0.05, 0.1) is 10.2 Å². The van der Waals surface area contributed by atoms with Crippen LogP contribution in [0, 0.1) is 5.92 Å². The number of aliphatic carboxylic acids is 1. The largest absolute Gasteiger partial charge is 0.481 e. The van der Waals surface area contributed by atoms with Crippen LogP contribution in [0.1, 0.15) is 13.3 Å². The molecule has 0 spiro atoms. The van der Waals surface area contributed by atoms with E-state index >= 15 is 0 Å². The molecule has 1 aliphatic rings. The van der Waals surface area contributed by atoms with Crippen LogP contribution in [-0.4, -0.2) is 21.2 Å². The first-order chi connectivity index (χ1) is 4.48. The van der Waals surface area contributed by atoms with E-state index in [1.165, 1.54) is 6.92 Å². The smallest absolute Gasteiger partial charge is 0.308 e. The van der Waals surface area contributed by atoms with Gasteiger partial charge in [-0.2, -0.15) is 0 Å². The van der Waals surface area contributed by atoms with Crippen molar-refractivity contribution in [2.45, 2.75) is 17.7 Å². The van der Waals surface area contributed by atoms with Gasteiger partial charge < -0.3 is 5.11 Å². The molecule has 0 heterocycles. The molecule has 0 aromatic heterocycles. The molecule has 0 saturated heterocycles. The SMILES string of the molecule is CC(=O)[C@]1(Br)C[C@@H]1C(=O)O. The van der Waals surface area contributed by atoms with E-state index in [1.807, 2.05) is 0 Å². The van der Waals surface area contributed by atoms with Crippen molar-refractivity contribution in [3.8, 4) is 0 Å². The van der Waals surface area contributed by atoms with Gasteiger partial charge in [0.1, 0.15) is 5.78 Å². The summed E-state index contributed by atoms with van der Waals surface area (Å²) in [5, 5.41) is 8.46. The number of hydrogen-bond acceptors (Lipinski definition) is 2. The summed E-state index contributed by atoms with van der Waals surface area (Å²) in [5.41, 5.74) is 0. The number of hydrogen-bond donors (Lipinski definition) is 1. The quantitative estimate of drug-likeness (QED) is 0.681. The highest BCUT2D eigenvalue weighted by molar-refractivity contribution is 9.10. The van der Waals surface area contributed by atoms with Gasteiger partial charge in [-0.05, 0) is 13.3 Å². The molecule has 4 heteroatoms. The lowest BCUT2D eigenvalue weighted by atomic mass is 10.2. The van der Waals surface area contributed by atoms with Crippen LogP contribution in [0.5, 0.6) is 0 Å². The molecule has 0 aromatic carbocycles. The number of carboxylic acid groups (broad SMARTS) is 1. The maximum atomic E-state index is 10.7. The minimum Gasteiger partial charge on any atom is -0.481 e. The molecule has 0 bridgehead atoms. The predicted octanol–water partition coefficient (Wildman–Crippen LogP) is 0.814. The van der Waals surface area contributed by atoms with Gasteiger partial charge in [0.25, 0.3) is 0 Å². The maximum absolute atomic E-state index is 10.7. The Morgan fingerprint density at radius 1 is 1.70 bits per heavy atom. The van der Waals surface area contributed by atoms with Crippen LogP contribution in [0.2, 0.25) is 0 Å². The second-order valence-corrected chi connectivity index (χ2v) is 3.93. The van der Waals surface area contributed by atoms with Crippen LogP contribution in [0.3, 0.4) is 0 Å². The molecule has 1 rings (SSSR count). The lowest BCUT2D eigenvalue weighted by Crippen LogP contribution is -2.17. The van der Waals surface area contributed by atoms with Gasteiger partial charge in [-0.3, -0.25) is 9.59 Å². The van der Waals surface area contributed by atoms with Gasteiger partial charge in [0, 0.05) is 0 Å². The van der Waals surface area contributed by atoms with Crippen LogP contribution in [0.25, 0.3) is 0 Å². The molecule has 0 aliphatic heterocycles. The van der Waals surface area contributed by atoms with Crippen LogP contribution >= 0.6 is 15.9 Å². The minimum atomic E-state index is -0.896. The highest BCUT2D eigenvalue weighted by Crippen LogP contribution is 2.51. The third kappa shape index (κ3) is 0.963. The topological polar surface area (TPSA) is 54.4 Å². The highest BCUT2D eigenvalue weighted by atomic mass is 79.9. The first-order valence-electron chi connectivity index (χ1n) is 2.91. The van der Waals surface area contributed by atoms with E-state index in [-0.39, 0.29) is 5.78 Å². The Kier molecular flexibility index (Phi) is 1.58. The average molecular weight is 207 g/mol. The van der Waals surface area contributed by atoms with E-state index in [0.29, 0.717) is 6.42 Å². The summed E-state index contributed by atoms with van der Waals surface area (Å²) < 4.78 is -0.737. The van der Waals surface area contributed by atoms with Crippen molar-refractivity contribution in [3.63, 3.8) is 0 Å². The van der Waals surface area contributed by atoms with Crippen LogP contribution in [0.4, 0.5) is 0 Å². The Morgan fingerprint density at radius 3 is 2.30 bits per heavy atom. The first kappa shape index (κ1) is 7.72. The predicted molar refractivity (Wildman–Crippen MR) is 38.1 cm³/mol. The van der Waals surface area contributed by atoms with E-state index in [1.54, 1.807) is 0 Å². The van der Waals surface area contributed by atoms with Crippen molar-refractivity contribution in [2.24, 2.45) is 5.92 Å². The number of carboxylic acids is 1. The van der Waals surface area contributed by atoms with E-state index in [4.69, 9.17) is 5.11 Å². The van der Waals surface area contributed by atoms with E-state index in [2.05, 4.69) is 15.9 Å². The summed E-state index contributed by atoms with van der Waals surface area (Å²) >= 11 is 3.09. The standard InChI is InChI=1S/C6H7BrO3/c1-3(8)6(7)2-4(6)5(9)10/h4H,2H2,1H3,(H,9,10)/t4-,6-/m1/s1. The summed E-state index contributed by atoms with van der Waals surface area (Å²) in [7, 11) is 0. The number of carbonyl (C=O) groups is 2. The third-order valence-corrected chi connectivity index (χ3v) is 3.21. The molecule has 1 fully saturated rings. The van der Waals surface area contributed by atoms with E-state index in [0.717, 1.165) is 0 Å². The number of Topliss-reactive ketones (excluding diaryl/α,β-unsaturated/α-hetero) is 1. The molecule has 1 aliphatic carbocycles. The van der Waals surface area contributed by atoms with Gasteiger partial charge in [-0.25, -0.2) is 0 Å². The van der Waals surface area contributed by atoms with Crippen LogP contribution in [-0.2, 0) is 9.59 Å². The molecular formula is C6H7BrO3. The first-order valence-corrected chi connectivity index (χ1v) is 3.70. The molecule has 0 radical (unpaired) electrons. The zero-order valence-electron chi connectivity index (χ0n) is 5.43. The molecule has 1 N–H and O–H groups in total. The van der Waals surface area contributed by atoms with E-state index in [9.17, 15) is 9.59 Å². The van der Waals surface area contributed by atoms with Crippen molar-refractivity contribution in [1.29, 1.82) is 0 Å². The van der Waals surface area contributed by atoms with Crippen LogP contribution < -0.4 is 0 Å². The van der Waals surface area contributed by atoms with E-state index < -0.39 is 16.2 Å². The molecule has 0 aromatic rings. The Morgan fingerprint density at radius 2 is 2.20 bits per heavy atom. The molecule has 3 nitrogen and oxygen atoms in total. The molecule has 2 atom stereocenters. The highest BCUT2D eigenvalue weighted by Gasteiger charge is 2.60. The number of ketones is 1. The number of alkyl halides is 1. The fraction of sp³-hybridized carbons (Fsp3) is 0.667. The number of rotatable bonds is 2. The second kappa shape index (κ2) is 2.05. The lowest BCUT2D eigenvalue weighted by molar-refractivity contribution is -0.139. The number of halogens is 1. The van der Waals surface area contributed by atoms with Crippen molar-refractivity contribution < 1.29 is 14.7 Å². The maximum Gasteiger partial charge on any atom is 0.308 e. The third-order valence-electron chi connectivity index (χ3n) is 1.78. The minimum absolute atomic E-state index is 0.0973. The molecule has 10 heavy (non-hydrogen) atoms. The average Bonchev–Trinajstić information content (AvgIpc) is 2.43. The molecule has 0 amide bonds. The van der Waals surface area contributed by atoms with Gasteiger partial charge in [-0.1, -0.05) is 15.9 Å². The Bertz CT molecular complexity index is 201. The van der Waals surface area contributed by atoms with Gasteiger partial charge in [0.2, 0.25) is 0 Å². The molecular weight excluding hydrogens is 200 g/mol. The Balaban J connectivity index is 2.65. The Labute approximate surface area is 66.5 Å². The molecule has 0 unspecified atom stereocenters. The lowest BCUT2D eigenvalue weighted by Gasteiger charge is -1.98. The van der Waals surface area contributed by atoms with Crippen molar-refractivity contribution in [2.75, 3.05) is 0 Å². The summed E-state index contributed by atoms with van der Waals surface area (Å²) in [6, 6.07) is 0.